The van der Waals surface area contributed by atoms with E-state index in [4.69, 9.17) is 14.3 Å². The molecule has 1 amide bonds. The summed E-state index contributed by atoms with van der Waals surface area (Å²) in [5, 5.41) is 2.48. The molecule has 1 atom stereocenters. The first-order valence-corrected chi connectivity index (χ1v) is 6.75. The molecule has 0 aromatic heterocycles. The first kappa shape index (κ1) is 15.9. The largest absolute Gasteiger partial charge is 0.463 e. The lowest BCUT2D eigenvalue weighted by molar-refractivity contribution is -0.152. The maximum absolute atomic E-state index is 11.3. The number of amides is 1. The van der Waals surface area contributed by atoms with Crippen LogP contribution in [0.5, 0.6) is 0 Å². The van der Waals surface area contributed by atoms with Crippen molar-refractivity contribution >= 4 is 21.8 Å². The summed E-state index contributed by atoms with van der Waals surface area (Å²) in [5.74, 6) is -0.543. The molecule has 2 N–H and O–H groups in total. The molecule has 0 spiro atoms. The second kappa shape index (κ2) is 10.1. The Morgan fingerprint density at radius 3 is 2.76 bits per heavy atom. The van der Waals surface area contributed by atoms with Gasteiger partial charge in [0.15, 0.2) is 6.10 Å². The zero-order valence-corrected chi connectivity index (χ0v) is 11.2. The van der Waals surface area contributed by atoms with Crippen molar-refractivity contribution < 1.29 is 23.9 Å². The van der Waals surface area contributed by atoms with Crippen LogP contribution in [0.1, 0.15) is 26.7 Å². The van der Waals surface area contributed by atoms with Crippen LogP contribution in [0.3, 0.4) is 0 Å². The van der Waals surface area contributed by atoms with Crippen molar-refractivity contribution in [2.75, 3.05) is 13.2 Å². The lowest BCUT2D eigenvalue weighted by Crippen LogP contribution is -2.33. The topological polar surface area (TPSA) is 84.9 Å². The highest BCUT2D eigenvalue weighted by Crippen LogP contribution is 1.96. The molecule has 0 fully saturated rings. The predicted octanol–water partition coefficient (Wildman–Crippen LogP) is 0.474. The third kappa shape index (κ3) is 8.70. The van der Waals surface area contributed by atoms with E-state index in [1.165, 1.54) is 6.92 Å². The normalized spacial score (nSPS) is 11.7. The maximum Gasteiger partial charge on any atom is 0.407 e. The predicted molar refractivity (Wildman–Crippen MR) is 62.6 cm³/mol. The molecule has 7 heteroatoms. The summed E-state index contributed by atoms with van der Waals surface area (Å²) in [7, 11) is -0.113. The van der Waals surface area contributed by atoms with Crippen molar-refractivity contribution in [2.24, 2.45) is 0 Å². The number of ether oxygens (including phenoxy) is 2. The third-order valence-electron chi connectivity index (χ3n) is 1.80. The minimum atomic E-state index is -0.902. The molecule has 0 aliphatic rings. The Balaban J connectivity index is 3.67. The number of carbonyl (C=O) groups excluding carboxylic acids is 2. The van der Waals surface area contributed by atoms with Gasteiger partial charge in [-0.15, -0.1) is 0 Å². The molecule has 6 nitrogen and oxygen atoms in total. The van der Waals surface area contributed by atoms with Gasteiger partial charge in [0.2, 0.25) is 9.76 Å². The van der Waals surface area contributed by atoms with E-state index in [0.717, 1.165) is 6.42 Å². The Bertz CT molecular complexity index is 237. The van der Waals surface area contributed by atoms with Crippen molar-refractivity contribution in [3.63, 3.8) is 0 Å². The fraction of sp³-hybridized carbons (Fsp3) is 0.800. The minimum Gasteiger partial charge on any atom is -0.463 e. The van der Waals surface area contributed by atoms with E-state index < -0.39 is 18.2 Å². The lowest BCUT2D eigenvalue weighted by atomic mass is 10.4. The van der Waals surface area contributed by atoms with E-state index in [0.29, 0.717) is 25.6 Å². The molecule has 2 radical (unpaired) electrons. The zero-order valence-electron chi connectivity index (χ0n) is 10.2. The van der Waals surface area contributed by atoms with Crippen LogP contribution in [0, 0.1) is 0 Å². The van der Waals surface area contributed by atoms with Crippen LogP contribution in [-0.4, -0.2) is 45.9 Å². The Hall–Kier alpha value is -1.08. The van der Waals surface area contributed by atoms with E-state index in [-0.39, 0.29) is 9.76 Å². The van der Waals surface area contributed by atoms with Gasteiger partial charge in [0.05, 0.1) is 6.61 Å². The number of rotatable bonds is 8. The molecule has 0 saturated carbocycles. The number of alkyl carbamates (subject to hydrolysis) is 1. The van der Waals surface area contributed by atoms with Gasteiger partial charge in [-0.1, -0.05) is 6.92 Å². The Kier molecular flexibility index (Phi) is 9.45. The van der Waals surface area contributed by atoms with Gasteiger partial charge in [0.1, 0.15) is 0 Å². The van der Waals surface area contributed by atoms with Crippen LogP contribution < -0.4 is 5.32 Å². The van der Waals surface area contributed by atoms with Gasteiger partial charge in [-0.3, -0.25) is 0 Å². The van der Waals surface area contributed by atoms with Crippen molar-refractivity contribution in [1.82, 2.24) is 5.32 Å². The quantitative estimate of drug-likeness (QED) is 0.377. The minimum absolute atomic E-state index is 0.113. The molecule has 0 saturated heterocycles. The van der Waals surface area contributed by atoms with Gasteiger partial charge in [0.25, 0.3) is 0 Å². The standard InChI is InChI=1S/C10H19NO5Si/c1-3-6-15-9(12)8(2)16-10(13)11-5-4-7-17-14/h8,14H,3-7H2,1-2H3,(H,11,13). The van der Waals surface area contributed by atoms with Crippen LogP contribution in [0.4, 0.5) is 4.79 Å². The molecular formula is C10H19NO5Si. The molecule has 0 heterocycles. The summed E-state index contributed by atoms with van der Waals surface area (Å²) in [4.78, 5) is 31.0. The van der Waals surface area contributed by atoms with E-state index in [2.05, 4.69) is 5.32 Å². The first-order valence-electron chi connectivity index (χ1n) is 5.59. The monoisotopic (exact) mass is 261 g/mol. The molecule has 98 valence electrons. The molecule has 0 aromatic rings. The van der Waals surface area contributed by atoms with E-state index in [9.17, 15) is 9.59 Å². The summed E-state index contributed by atoms with van der Waals surface area (Å²) in [5.41, 5.74) is 0. The molecule has 0 bridgehead atoms. The van der Waals surface area contributed by atoms with Crippen molar-refractivity contribution in [1.29, 1.82) is 0 Å². The molecule has 0 aromatic carbocycles. The van der Waals surface area contributed by atoms with Crippen molar-refractivity contribution in [2.45, 2.75) is 38.8 Å². The molecule has 17 heavy (non-hydrogen) atoms. The highest BCUT2D eigenvalue weighted by molar-refractivity contribution is 6.25. The van der Waals surface area contributed by atoms with E-state index >= 15 is 0 Å². The number of nitrogens with one attached hydrogen (secondary N) is 1. The lowest BCUT2D eigenvalue weighted by Gasteiger charge is -2.12. The second-order valence-electron chi connectivity index (χ2n) is 3.40. The maximum atomic E-state index is 11.3. The Labute approximate surface area is 104 Å². The zero-order chi connectivity index (χ0) is 13.1. The first-order chi connectivity index (χ1) is 8.11. The van der Waals surface area contributed by atoms with E-state index in [1.54, 1.807) is 0 Å². The van der Waals surface area contributed by atoms with Crippen molar-refractivity contribution in [3.8, 4) is 0 Å². The summed E-state index contributed by atoms with van der Waals surface area (Å²) in [6.45, 7) is 4.09. The number of carbonyl (C=O) groups is 2. The highest BCUT2D eigenvalue weighted by Gasteiger charge is 2.18. The van der Waals surface area contributed by atoms with Gasteiger partial charge in [-0.2, -0.15) is 0 Å². The molecule has 0 rings (SSSR count). The summed E-state index contributed by atoms with van der Waals surface area (Å²) in [6.07, 6.45) is -0.140. The average molecular weight is 261 g/mol. The SMILES string of the molecule is CCCOC(=O)C(C)OC(=O)NCCC[Si]O. The van der Waals surface area contributed by atoms with Crippen LogP contribution in [0.25, 0.3) is 0 Å². The number of hydrogen-bond acceptors (Lipinski definition) is 5. The second-order valence-corrected chi connectivity index (χ2v) is 4.22. The van der Waals surface area contributed by atoms with Gasteiger partial charge in [-0.05, 0) is 25.8 Å². The highest BCUT2D eigenvalue weighted by atomic mass is 28.2. The van der Waals surface area contributed by atoms with Crippen LogP contribution >= 0.6 is 0 Å². The fourth-order valence-corrected chi connectivity index (χ4v) is 1.26. The molecule has 1 unspecified atom stereocenters. The summed E-state index contributed by atoms with van der Waals surface area (Å²) >= 11 is 0. The Morgan fingerprint density at radius 1 is 1.47 bits per heavy atom. The molecular weight excluding hydrogens is 242 g/mol. The van der Waals surface area contributed by atoms with E-state index in [1.807, 2.05) is 6.92 Å². The molecule has 0 aliphatic heterocycles. The fourth-order valence-electron chi connectivity index (χ4n) is 0.928. The van der Waals surface area contributed by atoms with Crippen LogP contribution in [0.15, 0.2) is 0 Å². The van der Waals surface area contributed by atoms with Crippen molar-refractivity contribution in [3.05, 3.63) is 0 Å². The van der Waals surface area contributed by atoms with Gasteiger partial charge in [-0.25, -0.2) is 9.59 Å². The Morgan fingerprint density at radius 2 is 2.18 bits per heavy atom. The van der Waals surface area contributed by atoms with Crippen LogP contribution in [-0.2, 0) is 14.3 Å². The molecule has 0 aliphatic carbocycles. The smallest absolute Gasteiger partial charge is 0.407 e. The van der Waals surface area contributed by atoms with Crippen LogP contribution in [0.2, 0.25) is 6.04 Å². The summed E-state index contributed by atoms with van der Waals surface area (Å²) in [6, 6.07) is 0.647. The number of esters is 1. The average Bonchev–Trinajstić information content (AvgIpc) is 2.31. The number of hydrogen-bond donors (Lipinski definition) is 2. The van der Waals surface area contributed by atoms with Gasteiger partial charge in [0, 0.05) is 6.54 Å². The van der Waals surface area contributed by atoms with Gasteiger partial charge < -0.3 is 19.6 Å². The third-order valence-corrected chi connectivity index (χ3v) is 2.38. The van der Waals surface area contributed by atoms with Gasteiger partial charge >= 0.3 is 12.1 Å². The summed E-state index contributed by atoms with van der Waals surface area (Å²) < 4.78 is 9.63.